The lowest BCUT2D eigenvalue weighted by Gasteiger charge is -2.21. The number of ether oxygens (including phenoxy) is 1. The van der Waals surface area contributed by atoms with E-state index in [0.717, 1.165) is 12.8 Å². The molecule has 2 saturated carbocycles. The number of hydrogen-bond acceptors (Lipinski definition) is 4. The number of rotatable bonds is 2. The molecule has 0 aromatic heterocycles. The van der Waals surface area contributed by atoms with Crippen LogP contribution in [-0.2, 0) is 14.3 Å². The van der Waals surface area contributed by atoms with E-state index in [1.165, 1.54) is 12.0 Å². The van der Waals surface area contributed by atoms with Crippen molar-refractivity contribution in [2.45, 2.75) is 12.8 Å². The fourth-order valence-electron chi connectivity index (χ4n) is 5.20. The predicted molar refractivity (Wildman–Crippen MR) is 85.0 cm³/mol. The molecule has 1 spiro atoms. The summed E-state index contributed by atoms with van der Waals surface area (Å²) in [5.41, 5.74) is 1.15. The van der Waals surface area contributed by atoms with E-state index >= 15 is 0 Å². The molecule has 1 aliphatic heterocycles. The Kier molecular flexibility index (Phi) is 2.53. The van der Waals surface area contributed by atoms with Crippen LogP contribution in [0.4, 0.5) is 5.69 Å². The zero-order valence-corrected chi connectivity index (χ0v) is 13.3. The van der Waals surface area contributed by atoms with Gasteiger partial charge in [0, 0.05) is 0 Å². The van der Waals surface area contributed by atoms with Gasteiger partial charge in [-0.2, -0.15) is 0 Å². The first kappa shape index (κ1) is 14.0. The molecule has 0 N–H and O–H groups in total. The second kappa shape index (κ2) is 4.35. The molecule has 1 saturated heterocycles. The Labute approximate surface area is 139 Å². The molecule has 5 heteroatoms. The predicted octanol–water partition coefficient (Wildman–Crippen LogP) is 2.17. The minimum Gasteiger partial charge on any atom is -0.465 e. The Balaban J connectivity index is 1.48. The number of allylic oxidation sites excluding steroid dienone is 2. The van der Waals surface area contributed by atoms with E-state index in [1.54, 1.807) is 24.3 Å². The molecule has 0 unspecified atom stereocenters. The van der Waals surface area contributed by atoms with Crippen LogP contribution in [0.15, 0.2) is 36.4 Å². The second-order valence-electron chi connectivity index (χ2n) is 7.27. The van der Waals surface area contributed by atoms with E-state index in [4.69, 9.17) is 0 Å². The summed E-state index contributed by atoms with van der Waals surface area (Å²) in [6.07, 6.45) is 6.59. The third-order valence-corrected chi connectivity index (χ3v) is 6.40. The first-order valence-electron chi connectivity index (χ1n) is 8.33. The number of esters is 1. The molecule has 1 aromatic rings. The third kappa shape index (κ3) is 1.48. The van der Waals surface area contributed by atoms with Gasteiger partial charge in [0.05, 0.1) is 30.2 Å². The normalized spacial score (nSPS) is 34.1. The highest BCUT2D eigenvalue weighted by Gasteiger charge is 2.73. The van der Waals surface area contributed by atoms with Crippen LogP contribution in [0, 0.1) is 29.1 Å². The van der Waals surface area contributed by atoms with Gasteiger partial charge in [-0.1, -0.05) is 12.2 Å². The molecule has 1 aromatic carbocycles. The van der Waals surface area contributed by atoms with Gasteiger partial charge in [-0.15, -0.1) is 0 Å². The molecule has 122 valence electrons. The van der Waals surface area contributed by atoms with Gasteiger partial charge in [0.2, 0.25) is 11.8 Å². The number of methoxy groups -OCH3 is 1. The summed E-state index contributed by atoms with van der Waals surface area (Å²) in [6, 6.07) is 6.47. The summed E-state index contributed by atoms with van der Waals surface area (Å²) in [4.78, 5) is 38.8. The van der Waals surface area contributed by atoms with Crippen molar-refractivity contribution in [1.29, 1.82) is 0 Å². The van der Waals surface area contributed by atoms with Crippen molar-refractivity contribution < 1.29 is 19.1 Å². The number of benzene rings is 1. The summed E-state index contributed by atoms with van der Waals surface area (Å²) < 4.78 is 4.68. The first-order chi connectivity index (χ1) is 11.6. The van der Waals surface area contributed by atoms with Crippen molar-refractivity contribution in [3.05, 3.63) is 42.0 Å². The molecule has 24 heavy (non-hydrogen) atoms. The molecular weight excluding hydrogens is 306 g/mol. The number of nitrogens with zero attached hydrogens (tertiary/aromatic N) is 1. The van der Waals surface area contributed by atoms with Crippen molar-refractivity contribution in [2.24, 2.45) is 29.1 Å². The van der Waals surface area contributed by atoms with Gasteiger partial charge in [-0.05, 0) is 54.4 Å². The molecule has 0 radical (unpaired) electrons. The monoisotopic (exact) mass is 323 g/mol. The lowest BCUT2D eigenvalue weighted by Crippen LogP contribution is -2.34. The molecular formula is C19H17NO4. The Hall–Kier alpha value is -2.43. The molecule has 1 heterocycles. The lowest BCUT2D eigenvalue weighted by atomic mass is 9.85. The number of carbonyl (C=O) groups is 3. The maximum Gasteiger partial charge on any atom is 0.337 e. The maximum absolute atomic E-state index is 13.0. The minimum atomic E-state index is -0.435. The Morgan fingerprint density at radius 3 is 2.04 bits per heavy atom. The fourth-order valence-corrected chi connectivity index (χ4v) is 5.20. The van der Waals surface area contributed by atoms with Gasteiger partial charge >= 0.3 is 5.97 Å². The molecule has 4 aliphatic rings. The van der Waals surface area contributed by atoms with Gasteiger partial charge < -0.3 is 4.74 Å². The van der Waals surface area contributed by atoms with Crippen LogP contribution < -0.4 is 4.90 Å². The quantitative estimate of drug-likeness (QED) is 0.475. The standard InChI is InChI=1S/C19H17NO4/c1-24-18(23)10-2-4-11(5-3-10)20-16(21)14-12-6-7-13(15(14)17(20)22)19(12)8-9-19/h2-7,12-15H,8-9H2,1H3/t12-,13+,14-,15+. The van der Waals surface area contributed by atoms with E-state index in [9.17, 15) is 14.4 Å². The average Bonchev–Trinajstić information content (AvgIpc) is 3.20. The highest BCUT2D eigenvalue weighted by Crippen LogP contribution is 2.73. The zero-order chi connectivity index (χ0) is 16.6. The van der Waals surface area contributed by atoms with E-state index in [2.05, 4.69) is 16.9 Å². The lowest BCUT2D eigenvalue weighted by molar-refractivity contribution is -0.123. The van der Waals surface area contributed by atoms with Gasteiger partial charge in [-0.3, -0.25) is 14.5 Å². The summed E-state index contributed by atoms with van der Waals surface area (Å²) in [6.45, 7) is 0. The van der Waals surface area contributed by atoms with Crippen molar-refractivity contribution in [3.8, 4) is 0 Å². The number of amides is 2. The molecule has 3 fully saturated rings. The Bertz CT molecular complexity index is 771. The zero-order valence-electron chi connectivity index (χ0n) is 13.3. The smallest absolute Gasteiger partial charge is 0.337 e. The molecule has 5 rings (SSSR count). The van der Waals surface area contributed by atoms with Crippen molar-refractivity contribution in [2.75, 3.05) is 12.0 Å². The van der Waals surface area contributed by atoms with Crippen LogP contribution in [-0.4, -0.2) is 24.9 Å². The summed E-state index contributed by atoms with van der Waals surface area (Å²) in [5, 5.41) is 0. The largest absolute Gasteiger partial charge is 0.465 e. The minimum absolute atomic E-state index is 0.0843. The Morgan fingerprint density at radius 2 is 1.58 bits per heavy atom. The Morgan fingerprint density at radius 1 is 1.04 bits per heavy atom. The fraction of sp³-hybridized carbons (Fsp3) is 0.421. The highest BCUT2D eigenvalue weighted by atomic mass is 16.5. The highest BCUT2D eigenvalue weighted by molar-refractivity contribution is 6.23. The van der Waals surface area contributed by atoms with E-state index in [0.29, 0.717) is 11.3 Å². The SMILES string of the molecule is COC(=O)c1ccc(N2C(=O)[C@@H]3[C@H](C2=O)[C@H]2C=C[C@@H]3C23CC3)cc1. The van der Waals surface area contributed by atoms with Crippen molar-refractivity contribution in [3.63, 3.8) is 0 Å². The van der Waals surface area contributed by atoms with Gasteiger partial charge in [0.25, 0.3) is 0 Å². The molecule has 3 aliphatic carbocycles. The topological polar surface area (TPSA) is 63.7 Å². The summed E-state index contributed by atoms with van der Waals surface area (Å²) >= 11 is 0. The first-order valence-corrected chi connectivity index (χ1v) is 8.33. The molecule has 2 bridgehead atoms. The third-order valence-electron chi connectivity index (χ3n) is 6.40. The number of anilines is 1. The van der Waals surface area contributed by atoms with Crippen molar-refractivity contribution in [1.82, 2.24) is 0 Å². The molecule has 5 nitrogen and oxygen atoms in total. The van der Waals surface area contributed by atoms with Gasteiger partial charge in [0.1, 0.15) is 0 Å². The molecule has 2 amide bonds. The summed E-state index contributed by atoms with van der Waals surface area (Å²) in [7, 11) is 1.32. The van der Waals surface area contributed by atoms with Gasteiger partial charge in [-0.25, -0.2) is 4.79 Å². The van der Waals surface area contributed by atoms with Crippen LogP contribution in [0.25, 0.3) is 0 Å². The number of imide groups is 1. The number of carbonyl (C=O) groups excluding carboxylic acids is 3. The molecule has 4 atom stereocenters. The average molecular weight is 323 g/mol. The van der Waals surface area contributed by atoms with Crippen LogP contribution in [0.2, 0.25) is 0 Å². The maximum atomic E-state index is 13.0. The van der Waals surface area contributed by atoms with Crippen LogP contribution in [0.5, 0.6) is 0 Å². The van der Waals surface area contributed by atoms with Crippen LogP contribution >= 0.6 is 0 Å². The van der Waals surface area contributed by atoms with E-state index in [-0.39, 0.29) is 40.9 Å². The number of hydrogen-bond donors (Lipinski definition) is 0. The van der Waals surface area contributed by atoms with Crippen LogP contribution in [0.1, 0.15) is 23.2 Å². The van der Waals surface area contributed by atoms with Gasteiger partial charge in [0.15, 0.2) is 0 Å². The summed E-state index contributed by atoms with van der Waals surface area (Å²) in [5.74, 6) is -0.551. The van der Waals surface area contributed by atoms with E-state index < -0.39 is 5.97 Å². The number of fused-ring (bicyclic) bond motifs is 3. The van der Waals surface area contributed by atoms with Crippen LogP contribution in [0.3, 0.4) is 0 Å². The van der Waals surface area contributed by atoms with Crippen molar-refractivity contribution >= 4 is 23.5 Å². The second-order valence-corrected chi connectivity index (χ2v) is 7.27. The van der Waals surface area contributed by atoms with E-state index in [1.807, 2.05) is 0 Å².